The Kier molecular flexibility index (Phi) is 5.08. The fourth-order valence-electron chi connectivity index (χ4n) is 2.76. The van der Waals surface area contributed by atoms with Gasteiger partial charge in [-0.15, -0.1) is 0 Å². The summed E-state index contributed by atoms with van der Waals surface area (Å²) in [6.07, 6.45) is 2.17. The Morgan fingerprint density at radius 2 is 2.09 bits per heavy atom. The number of halogens is 2. The number of anilines is 2. The number of aromatic nitrogens is 2. The largest absolute Gasteiger partial charge is 0.492 e. The van der Waals surface area contributed by atoms with Gasteiger partial charge in [-0.3, -0.25) is 0 Å². The minimum absolute atomic E-state index is 0.196. The Bertz CT molecular complexity index is 663. The van der Waals surface area contributed by atoms with Gasteiger partial charge in [-0.05, 0) is 25.0 Å². The van der Waals surface area contributed by atoms with Crippen LogP contribution in [-0.2, 0) is 0 Å². The summed E-state index contributed by atoms with van der Waals surface area (Å²) in [6, 6.07) is 9.26. The molecule has 1 unspecified atom stereocenters. The van der Waals surface area contributed by atoms with Crippen molar-refractivity contribution >= 4 is 35.0 Å². The molecule has 3 rings (SSSR count). The van der Waals surface area contributed by atoms with E-state index in [1.807, 2.05) is 24.3 Å². The van der Waals surface area contributed by atoms with Crippen LogP contribution in [-0.4, -0.2) is 29.7 Å². The fraction of sp³-hybridized carbons (Fsp3) is 0.375. The first-order valence-electron chi connectivity index (χ1n) is 7.54. The van der Waals surface area contributed by atoms with E-state index < -0.39 is 0 Å². The Balaban J connectivity index is 1.63. The van der Waals surface area contributed by atoms with E-state index in [9.17, 15) is 0 Å². The second-order valence-electron chi connectivity index (χ2n) is 5.60. The van der Waals surface area contributed by atoms with Crippen molar-refractivity contribution in [3.05, 3.63) is 40.5 Å². The number of nitrogens with zero attached hydrogens (tertiary/aromatic N) is 3. The SMILES string of the molecule is Nc1nc(Cl)cc(N2CCCC(COc3ccccc3Cl)C2)n1. The number of piperidine rings is 1. The average molecular weight is 353 g/mol. The monoisotopic (exact) mass is 352 g/mol. The van der Waals surface area contributed by atoms with Gasteiger partial charge < -0.3 is 15.4 Å². The van der Waals surface area contributed by atoms with E-state index in [2.05, 4.69) is 14.9 Å². The third kappa shape index (κ3) is 4.18. The number of ether oxygens (including phenoxy) is 1. The summed E-state index contributed by atoms with van der Waals surface area (Å²) in [5.74, 6) is 2.09. The van der Waals surface area contributed by atoms with Crippen LogP contribution >= 0.6 is 23.2 Å². The average Bonchev–Trinajstić information content (AvgIpc) is 2.53. The topological polar surface area (TPSA) is 64.3 Å². The molecular weight excluding hydrogens is 335 g/mol. The standard InChI is InChI=1S/C16H18Cl2N4O/c17-12-5-1-2-6-13(12)23-10-11-4-3-7-22(9-11)15-8-14(18)20-16(19)21-15/h1-2,5-6,8,11H,3-4,7,9-10H2,(H2,19,20,21). The normalized spacial score (nSPS) is 18.0. The Morgan fingerprint density at radius 3 is 2.87 bits per heavy atom. The van der Waals surface area contributed by atoms with Gasteiger partial charge in [0.15, 0.2) is 0 Å². The molecule has 0 bridgehead atoms. The van der Waals surface area contributed by atoms with Crippen molar-refractivity contribution < 1.29 is 4.74 Å². The smallest absolute Gasteiger partial charge is 0.223 e. The molecule has 1 fully saturated rings. The van der Waals surface area contributed by atoms with Crippen molar-refractivity contribution in [1.82, 2.24) is 9.97 Å². The van der Waals surface area contributed by atoms with Crippen molar-refractivity contribution in [3.8, 4) is 5.75 Å². The molecule has 1 aromatic carbocycles. The molecule has 0 radical (unpaired) electrons. The van der Waals surface area contributed by atoms with Crippen LogP contribution in [0.25, 0.3) is 0 Å². The molecule has 1 aromatic heterocycles. The Labute approximate surface area is 145 Å². The molecule has 0 aliphatic carbocycles. The summed E-state index contributed by atoms with van der Waals surface area (Å²) in [7, 11) is 0. The number of nitrogens with two attached hydrogens (primary N) is 1. The summed E-state index contributed by atoms with van der Waals surface area (Å²) in [5, 5.41) is 0.998. The number of benzene rings is 1. The summed E-state index contributed by atoms with van der Waals surface area (Å²) < 4.78 is 5.87. The van der Waals surface area contributed by atoms with Crippen LogP contribution in [0.15, 0.2) is 30.3 Å². The van der Waals surface area contributed by atoms with Crippen LogP contribution in [0, 0.1) is 5.92 Å². The molecule has 7 heteroatoms. The number of hydrogen-bond donors (Lipinski definition) is 1. The molecular formula is C16H18Cl2N4O. The Hall–Kier alpha value is -1.72. The predicted molar refractivity (Wildman–Crippen MR) is 93.3 cm³/mol. The highest BCUT2D eigenvalue weighted by atomic mass is 35.5. The van der Waals surface area contributed by atoms with Gasteiger partial charge in [-0.1, -0.05) is 35.3 Å². The maximum absolute atomic E-state index is 6.12. The zero-order chi connectivity index (χ0) is 16.2. The van der Waals surface area contributed by atoms with Gasteiger partial charge in [0.25, 0.3) is 0 Å². The summed E-state index contributed by atoms with van der Waals surface area (Å²) in [5.41, 5.74) is 5.68. The van der Waals surface area contributed by atoms with E-state index in [1.54, 1.807) is 6.07 Å². The molecule has 0 saturated carbocycles. The lowest BCUT2D eigenvalue weighted by atomic mass is 9.99. The highest BCUT2D eigenvalue weighted by molar-refractivity contribution is 6.32. The van der Waals surface area contributed by atoms with E-state index >= 15 is 0 Å². The number of rotatable bonds is 4. The molecule has 0 amide bonds. The van der Waals surface area contributed by atoms with Crippen LogP contribution in [0.1, 0.15) is 12.8 Å². The van der Waals surface area contributed by atoms with Gasteiger partial charge in [-0.2, -0.15) is 4.98 Å². The van der Waals surface area contributed by atoms with E-state index in [-0.39, 0.29) is 5.95 Å². The molecule has 1 aliphatic heterocycles. The lowest BCUT2D eigenvalue weighted by molar-refractivity contribution is 0.228. The molecule has 1 saturated heterocycles. The summed E-state index contributed by atoms with van der Waals surface area (Å²) >= 11 is 12.1. The van der Waals surface area contributed by atoms with E-state index in [1.165, 1.54) is 0 Å². The van der Waals surface area contributed by atoms with E-state index in [0.717, 1.165) is 37.5 Å². The van der Waals surface area contributed by atoms with Crippen molar-refractivity contribution in [1.29, 1.82) is 0 Å². The third-order valence-electron chi connectivity index (χ3n) is 3.85. The maximum atomic E-state index is 6.12. The first-order chi connectivity index (χ1) is 11.1. The second-order valence-corrected chi connectivity index (χ2v) is 6.40. The molecule has 2 aromatic rings. The molecule has 2 heterocycles. The molecule has 2 N–H and O–H groups in total. The molecule has 1 atom stereocenters. The van der Waals surface area contributed by atoms with E-state index in [0.29, 0.717) is 22.7 Å². The summed E-state index contributed by atoms with van der Waals surface area (Å²) in [6.45, 7) is 2.39. The quantitative estimate of drug-likeness (QED) is 0.850. The zero-order valence-electron chi connectivity index (χ0n) is 12.6. The third-order valence-corrected chi connectivity index (χ3v) is 4.36. The van der Waals surface area contributed by atoms with Gasteiger partial charge in [0, 0.05) is 25.1 Å². The van der Waals surface area contributed by atoms with Crippen molar-refractivity contribution in [3.63, 3.8) is 0 Å². The summed E-state index contributed by atoms with van der Waals surface area (Å²) in [4.78, 5) is 10.3. The van der Waals surface area contributed by atoms with Crippen molar-refractivity contribution in [2.75, 3.05) is 30.3 Å². The predicted octanol–water partition coefficient (Wildman–Crippen LogP) is 3.66. The van der Waals surface area contributed by atoms with Crippen LogP contribution in [0.5, 0.6) is 5.75 Å². The molecule has 122 valence electrons. The second kappa shape index (κ2) is 7.23. The van der Waals surface area contributed by atoms with Crippen LogP contribution in [0.2, 0.25) is 10.2 Å². The van der Waals surface area contributed by atoms with Crippen LogP contribution in [0.4, 0.5) is 11.8 Å². The lowest BCUT2D eigenvalue weighted by Gasteiger charge is -2.33. The zero-order valence-corrected chi connectivity index (χ0v) is 14.1. The molecule has 0 spiro atoms. The number of nitrogen functional groups attached to an aromatic ring is 1. The van der Waals surface area contributed by atoms with E-state index in [4.69, 9.17) is 33.7 Å². The van der Waals surface area contributed by atoms with Gasteiger partial charge in [0.05, 0.1) is 11.6 Å². The highest BCUT2D eigenvalue weighted by Gasteiger charge is 2.22. The minimum Gasteiger partial charge on any atom is -0.492 e. The van der Waals surface area contributed by atoms with Gasteiger partial charge in [0.2, 0.25) is 5.95 Å². The first-order valence-corrected chi connectivity index (χ1v) is 8.30. The number of hydrogen-bond acceptors (Lipinski definition) is 5. The first kappa shape index (κ1) is 16.1. The van der Waals surface area contributed by atoms with Gasteiger partial charge in [-0.25, -0.2) is 4.98 Å². The Morgan fingerprint density at radius 1 is 1.26 bits per heavy atom. The van der Waals surface area contributed by atoms with Crippen molar-refractivity contribution in [2.24, 2.45) is 5.92 Å². The molecule has 5 nitrogen and oxygen atoms in total. The van der Waals surface area contributed by atoms with Gasteiger partial charge in [0.1, 0.15) is 16.7 Å². The number of para-hydroxylation sites is 1. The van der Waals surface area contributed by atoms with Crippen molar-refractivity contribution in [2.45, 2.75) is 12.8 Å². The van der Waals surface area contributed by atoms with Crippen LogP contribution in [0.3, 0.4) is 0 Å². The minimum atomic E-state index is 0.196. The lowest BCUT2D eigenvalue weighted by Crippen LogP contribution is -2.38. The molecule has 23 heavy (non-hydrogen) atoms. The molecule has 1 aliphatic rings. The van der Waals surface area contributed by atoms with Gasteiger partial charge >= 0.3 is 0 Å². The van der Waals surface area contributed by atoms with Crippen LogP contribution < -0.4 is 15.4 Å². The maximum Gasteiger partial charge on any atom is 0.223 e. The highest BCUT2D eigenvalue weighted by Crippen LogP contribution is 2.27. The fourth-order valence-corrected chi connectivity index (χ4v) is 3.14.